The first-order valence-corrected chi connectivity index (χ1v) is 11.3. The summed E-state index contributed by atoms with van der Waals surface area (Å²) in [7, 11) is 2.18. The van der Waals surface area contributed by atoms with Crippen molar-refractivity contribution in [3.63, 3.8) is 0 Å². The van der Waals surface area contributed by atoms with Crippen LogP contribution in [-0.2, 0) is 24.5 Å². The standard InChI is InChI=1S/C24H30N2O4/c1-5-14-15-10-18-21-24(16-8-6-7-9-17(16)25(21)4)11-19(20(15)22(24)29-12(2)27)26(18)23(14)30-13(3)28/h6-9,14-15,18-23H,5,10-11H2,1-4H3/t14-,15-,18-,19-,20-,21+,22+,23+,24?/m1/s1. The maximum absolute atomic E-state index is 12.3. The van der Waals surface area contributed by atoms with E-state index in [1.807, 2.05) is 0 Å². The molecule has 0 radical (unpaired) electrons. The highest BCUT2D eigenvalue weighted by Crippen LogP contribution is 2.69. The van der Waals surface area contributed by atoms with E-state index in [-0.39, 0.29) is 35.7 Å². The lowest BCUT2D eigenvalue weighted by Crippen LogP contribution is -2.73. The van der Waals surface area contributed by atoms with Gasteiger partial charge in [0.05, 0.1) is 11.5 Å². The van der Waals surface area contributed by atoms with Gasteiger partial charge in [-0.3, -0.25) is 14.5 Å². The van der Waals surface area contributed by atoms with Crippen LogP contribution < -0.4 is 4.90 Å². The fraction of sp³-hybridized carbons (Fsp3) is 0.667. The van der Waals surface area contributed by atoms with Gasteiger partial charge in [-0.2, -0.15) is 0 Å². The van der Waals surface area contributed by atoms with Gasteiger partial charge in [0.25, 0.3) is 0 Å². The molecule has 4 saturated heterocycles. The van der Waals surface area contributed by atoms with Gasteiger partial charge in [-0.1, -0.05) is 25.1 Å². The SMILES string of the molecule is CC[C@@H]1[C@H]2C[C@@H]3[C@@H]4N(C)c5ccccc5C45C[C@H]([C@@H]2[C@@H]5OC(C)=O)N3[C@H]1OC(C)=O. The molecule has 1 aliphatic carbocycles. The molecule has 1 spiro atoms. The van der Waals surface area contributed by atoms with E-state index in [1.54, 1.807) is 6.92 Å². The fourth-order valence-corrected chi connectivity index (χ4v) is 8.49. The monoisotopic (exact) mass is 410 g/mol. The van der Waals surface area contributed by atoms with Gasteiger partial charge in [0, 0.05) is 50.5 Å². The van der Waals surface area contributed by atoms with E-state index in [0.717, 1.165) is 19.3 Å². The molecule has 1 saturated carbocycles. The Morgan fingerprint density at radius 3 is 2.57 bits per heavy atom. The van der Waals surface area contributed by atoms with Gasteiger partial charge in [0.15, 0.2) is 6.23 Å². The summed E-state index contributed by atoms with van der Waals surface area (Å²) in [5, 5.41) is 0. The topological polar surface area (TPSA) is 59.1 Å². The number of rotatable bonds is 3. The van der Waals surface area contributed by atoms with Crippen LogP contribution in [0.3, 0.4) is 0 Å². The second-order valence-corrected chi connectivity index (χ2v) is 9.98. The van der Waals surface area contributed by atoms with Crippen molar-refractivity contribution in [1.29, 1.82) is 0 Å². The van der Waals surface area contributed by atoms with Gasteiger partial charge in [-0.15, -0.1) is 0 Å². The maximum atomic E-state index is 12.3. The molecule has 6 aliphatic rings. The normalized spacial score (nSPS) is 46.5. The summed E-state index contributed by atoms with van der Waals surface area (Å²) in [6.45, 7) is 5.26. The Morgan fingerprint density at radius 2 is 1.87 bits per heavy atom. The van der Waals surface area contributed by atoms with Gasteiger partial charge < -0.3 is 14.4 Å². The first-order valence-electron chi connectivity index (χ1n) is 11.3. The smallest absolute Gasteiger partial charge is 0.304 e. The van der Waals surface area contributed by atoms with Crippen molar-refractivity contribution in [2.24, 2.45) is 17.8 Å². The van der Waals surface area contributed by atoms with E-state index in [1.165, 1.54) is 18.2 Å². The lowest BCUT2D eigenvalue weighted by molar-refractivity contribution is -0.228. The zero-order valence-electron chi connectivity index (χ0n) is 18.1. The van der Waals surface area contributed by atoms with Gasteiger partial charge in [-0.25, -0.2) is 0 Å². The van der Waals surface area contributed by atoms with Gasteiger partial charge in [-0.05, 0) is 36.8 Å². The highest BCUT2D eigenvalue weighted by atomic mass is 16.6. The maximum Gasteiger partial charge on any atom is 0.304 e. The highest BCUT2D eigenvalue weighted by molar-refractivity contribution is 5.70. The lowest BCUT2D eigenvalue weighted by atomic mass is 9.62. The number of fused-ring (bicyclic) bond motifs is 2. The third kappa shape index (κ3) is 1.99. The average molecular weight is 411 g/mol. The average Bonchev–Trinajstić information content (AvgIpc) is 3.10. The molecule has 0 amide bonds. The van der Waals surface area contributed by atoms with Crippen LogP contribution in [0.2, 0.25) is 0 Å². The number of carbonyl (C=O) groups excluding carboxylic acids is 2. The minimum absolute atomic E-state index is 0.122. The van der Waals surface area contributed by atoms with Crippen molar-refractivity contribution in [2.75, 3.05) is 11.9 Å². The molecule has 1 aromatic carbocycles. The van der Waals surface area contributed by atoms with Gasteiger partial charge in [0.1, 0.15) is 6.10 Å². The molecule has 5 bridgehead atoms. The summed E-state index contributed by atoms with van der Waals surface area (Å²) in [4.78, 5) is 29.2. The third-order valence-corrected chi connectivity index (χ3v) is 8.98. The summed E-state index contributed by atoms with van der Waals surface area (Å²) in [5.74, 6) is 0.608. The van der Waals surface area contributed by atoms with Gasteiger partial charge in [0.2, 0.25) is 0 Å². The molecular formula is C24H30N2O4. The zero-order chi connectivity index (χ0) is 20.9. The Labute approximate surface area is 177 Å². The van der Waals surface area contributed by atoms with Crippen LogP contribution in [0.1, 0.15) is 45.6 Å². The van der Waals surface area contributed by atoms with Crippen LogP contribution in [0.15, 0.2) is 24.3 Å². The Bertz CT molecular complexity index is 934. The van der Waals surface area contributed by atoms with Crippen molar-refractivity contribution in [1.82, 2.24) is 4.90 Å². The van der Waals surface area contributed by atoms with Crippen LogP contribution in [0.5, 0.6) is 0 Å². The minimum atomic E-state index is -0.203. The van der Waals surface area contributed by atoms with Crippen LogP contribution >= 0.6 is 0 Å². The quantitative estimate of drug-likeness (QED) is 0.714. The van der Waals surface area contributed by atoms with E-state index in [9.17, 15) is 9.59 Å². The number of ether oxygens (including phenoxy) is 2. The number of piperidine rings is 4. The van der Waals surface area contributed by atoms with Crippen LogP contribution in [0, 0.1) is 17.8 Å². The van der Waals surface area contributed by atoms with Gasteiger partial charge >= 0.3 is 11.9 Å². The second-order valence-electron chi connectivity index (χ2n) is 9.98. The molecule has 6 heteroatoms. The Kier molecular flexibility index (Phi) is 3.73. The minimum Gasteiger partial charge on any atom is -0.461 e. The summed E-state index contributed by atoms with van der Waals surface area (Å²) < 4.78 is 12.2. The van der Waals surface area contributed by atoms with E-state index in [4.69, 9.17) is 9.47 Å². The predicted molar refractivity (Wildman–Crippen MR) is 111 cm³/mol. The molecule has 10 atom stereocenters. The van der Waals surface area contributed by atoms with Crippen LogP contribution in [-0.4, -0.2) is 54.3 Å². The summed E-state index contributed by atoms with van der Waals surface area (Å²) in [6.07, 6.45) is 2.72. The Hall–Kier alpha value is -2.08. The first-order chi connectivity index (χ1) is 14.4. The number of para-hydroxylation sites is 1. The molecule has 1 aromatic rings. The van der Waals surface area contributed by atoms with Crippen molar-refractivity contribution >= 4 is 17.6 Å². The van der Waals surface area contributed by atoms with Crippen molar-refractivity contribution in [3.8, 4) is 0 Å². The molecule has 5 fully saturated rings. The summed E-state index contributed by atoms with van der Waals surface area (Å²) >= 11 is 0. The van der Waals surface area contributed by atoms with E-state index in [0.29, 0.717) is 29.8 Å². The van der Waals surface area contributed by atoms with Crippen LogP contribution in [0.4, 0.5) is 5.69 Å². The summed E-state index contributed by atoms with van der Waals surface area (Å²) in [6, 6.07) is 9.46. The molecule has 6 nitrogen and oxygen atoms in total. The van der Waals surface area contributed by atoms with Crippen LogP contribution in [0.25, 0.3) is 0 Å². The number of hydrogen-bond donors (Lipinski definition) is 0. The van der Waals surface area contributed by atoms with Crippen molar-refractivity contribution in [3.05, 3.63) is 29.8 Å². The largest absolute Gasteiger partial charge is 0.461 e. The molecular weight excluding hydrogens is 380 g/mol. The van der Waals surface area contributed by atoms with E-state index >= 15 is 0 Å². The molecule has 7 rings (SSSR count). The molecule has 0 N–H and O–H groups in total. The molecule has 5 heterocycles. The number of anilines is 1. The Balaban J connectivity index is 1.56. The number of nitrogens with zero attached hydrogens (tertiary/aromatic N) is 2. The second kappa shape index (κ2) is 6.00. The predicted octanol–water partition coefficient (Wildman–Crippen LogP) is 2.70. The first kappa shape index (κ1) is 18.7. The number of esters is 2. The number of benzene rings is 1. The van der Waals surface area contributed by atoms with E-state index in [2.05, 4.69) is 48.0 Å². The lowest BCUT2D eigenvalue weighted by Gasteiger charge is -2.62. The number of hydrogen-bond acceptors (Lipinski definition) is 6. The highest BCUT2D eigenvalue weighted by Gasteiger charge is 2.78. The van der Waals surface area contributed by atoms with Crippen molar-refractivity contribution < 1.29 is 19.1 Å². The molecule has 0 aromatic heterocycles. The number of likely N-dealkylation sites (N-methyl/N-ethyl adjacent to an activating group) is 1. The van der Waals surface area contributed by atoms with Crippen molar-refractivity contribution in [2.45, 2.75) is 75.9 Å². The molecule has 160 valence electrons. The zero-order valence-corrected chi connectivity index (χ0v) is 18.1. The third-order valence-electron chi connectivity index (χ3n) is 8.98. The van der Waals surface area contributed by atoms with E-state index < -0.39 is 0 Å². The molecule has 30 heavy (non-hydrogen) atoms. The molecule has 5 aliphatic heterocycles. The summed E-state index contributed by atoms with van der Waals surface area (Å²) in [5.41, 5.74) is 2.41. The number of carbonyl (C=O) groups is 2. The fourth-order valence-electron chi connectivity index (χ4n) is 8.49. The molecule has 2 unspecified atom stereocenters. The Morgan fingerprint density at radius 1 is 1.13 bits per heavy atom.